The Morgan fingerprint density at radius 2 is 1.42 bits per heavy atom. The van der Waals surface area contributed by atoms with E-state index >= 15 is 0 Å². The van der Waals surface area contributed by atoms with Crippen LogP contribution in [-0.2, 0) is 0 Å². The van der Waals surface area contributed by atoms with Crippen molar-refractivity contribution in [3.63, 3.8) is 0 Å². The maximum absolute atomic E-state index is 12.3. The maximum Gasteiger partial charge on any atom is 0.290 e. The number of nitrogens with zero attached hydrogens (tertiary/aromatic N) is 1. The summed E-state index contributed by atoms with van der Waals surface area (Å²) in [6, 6.07) is 19.0. The predicted molar refractivity (Wildman–Crippen MR) is 80.0 cm³/mol. The van der Waals surface area contributed by atoms with E-state index in [1.54, 1.807) is 4.90 Å². The number of para-hydroxylation sites is 2. The number of amides is 1. The van der Waals surface area contributed by atoms with Gasteiger partial charge in [-0.2, -0.15) is 0 Å². The number of benzene rings is 2. The third-order valence-corrected chi connectivity index (χ3v) is 3.34. The monoisotopic (exact) mass is 273 g/mol. The minimum Gasteiger partial charge on any atom is -0.396 e. The number of hydrogen-bond donors (Lipinski definition) is 1. The molecule has 2 aromatic rings. The SMILES string of the molecule is O=C(SCCO)N(c1ccccc1)c1ccccc1. The van der Waals surface area contributed by atoms with Crippen LogP contribution in [0.3, 0.4) is 0 Å². The Bertz CT molecular complexity index is 477. The number of carbonyl (C=O) groups is 1. The molecule has 2 aromatic carbocycles. The van der Waals surface area contributed by atoms with Gasteiger partial charge >= 0.3 is 0 Å². The Morgan fingerprint density at radius 1 is 0.947 bits per heavy atom. The van der Waals surface area contributed by atoms with E-state index < -0.39 is 0 Å². The van der Waals surface area contributed by atoms with Gasteiger partial charge in [-0.3, -0.25) is 9.69 Å². The molecule has 19 heavy (non-hydrogen) atoms. The summed E-state index contributed by atoms with van der Waals surface area (Å²) in [6.45, 7) is -0.00612. The van der Waals surface area contributed by atoms with E-state index in [1.807, 2.05) is 60.7 Å². The number of anilines is 2. The van der Waals surface area contributed by atoms with Gasteiger partial charge < -0.3 is 5.11 Å². The second kappa shape index (κ2) is 6.97. The summed E-state index contributed by atoms with van der Waals surface area (Å²) in [4.78, 5) is 13.9. The van der Waals surface area contributed by atoms with Crippen LogP contribution in [0.2, 0.25) is 0 Å². The second-order valence-electron chi connectivity index (χ2n) is 3.84. The van der Waals surface area contributed by atoms with Crippen LogP contribution in [0.15, 0.2) is 60.7 Å². The molecule has 98 valence electrons. The van der Waals surface area contributed by atoms with E-state index in [1.165, 1.54) is 0 Å². The molecule has 2 rings (SSSR count). The van der Waals surface area contributed by atoms with Crippen molar-refractivity contribution < 1.29 is 9.90 Å². The number of rotatable bonds is 4. The van der Waals surface area contributed by atoms with Crippen LogP contribution >= 0.6 is 11.8 Å². The number of carbonyl (C=O) groups excluding carboxylic acids is 1. The summed E-state index contributed by atoms with van der Waals surface area (Å²) in [6.07, 6.45) is 0. The molecule has 3 nitrogen and oxygen atoms in total. The molecule has 1 amide bonds. The average molecular weight is 273 g/mol. The van der Waals surface area contributed by atoms with Crippen molar-refractivity contribution in [1.29, 1.82) is 0 Å². The zero-order valence-corrected chi connectivity index (χ0v) is 11.2. The smallest absolute Gasteiger partial charge is 0.290 e. The van der Waals surface area contributed by atoms with Crippen molar-refractivity contribution in [2.45, 2.75) is 0 Å². The van der Waals surface area contributed by atoms with Crippen LogP contribution in [-0.4, -0.2) is 22.7 Å². The Morgan fingerprint density at radius 3 is 1.84 bits per heavy atom. The van der Waals surface area contributed by atoms with Crippen LogP contribution < -0.4 is 4.90 Å². The Kier molecular flexibility index (Phi) is 5.01. The van der Waals surface area contributed by atoms with Crippen LogP contribution in [0.5, 0.6) is 0 Å². The Labute approximate surface area is 116 Å². The first-order valence-electron chi connectivity index (χ1n) is 6.01. The van der Waals surface area contributed by atoms with Gasteiger partial charge in [-0.25, -0.2) is 0 Å². The highest BCUT2D eigenvalue weighted by molar-refractivity contribution is 8.13. The molecular formula is C15H15NO2S. The molecule has 0 bridgehead atoms. The molecule has 0 aromatic heterocycles. The fourth-order valence-electron chi connectivity index (χ4n) is 1.71. The molecule has 0 fully saturated rings. The van der Waals surface area contributed by atoms with Crippen LogP contribution in [0.1, 0.15) is 0 Å². The molecule has 0 aliphatic rings. The zero-order chi connectivity index (χ0) is 13.5. The standard InChI is InChI=1S/C15H15NO2S/c17-11-12-19-15(18)16(13-7-3-1-4-8-13)14-9-5-2-6-10-14/h1-10,17H,11-12H2. The molecule has 0 spiro atoms. The lowest BCUT2D eigenvalue weighted by molar-refractivity contribution is 0.266. The number of aliphatic hydroxyl groups is 1. The number of thioether (sulfide) groups is 1. The van der Waals surface area contributed by atoms with Crippen molar-refractivity contribution >= 4 is 28.4 Å². The summed E-state index contributed by atoms with van der Waals surface area (Å²) in [7, 11) is 0. The predicted octanol–water partition coefficient (Wildman–Crippen LogP) is 3.67. The van der Waals surface area contributed by atoms with Crippen molar-refractivity contribution in [1.82, 2.24) is 0 Å². The first-order valence-corrected chi connectivity index (χ1v) is 6.99. The highest BCUT2D eigenvalue weighted by Crippen LogP contribution is 2.28. The topological polar surface area (TPSA) is 40.5 Å². The minimum atomic E-state index is -0.0912. The van der Waals surface area contributed by atoms with Gasteiger partial charge in [0.15, 0.2) is 0 Å². The van der Waals surface area contributed by atoms with Crippen molar-refractivity contribution in [3.8, 4) is 0 Å². The Balaban J connectivity index is 2.31. The molecule has 0 saturated heterocycles. The molecule has 4 heteroatoms. The fourth-order valence-corrected chi connectivity index (χ4v) is 2.32. The first kappa shape index (κ1) is 13.6. The van der Waals surface area contributed by atoms with Crippen molar-refractivity contribution in [3.05, 3.63) is 60.7 Å². The van der Waals surface area contributed by atoms with Crippen molar-refractivity contribution in [2.24, 2.45) is 0 Å². The largest absolute Gasteiger partial charge is 0.396 e. The Hall–Kier alpha value is -1.78. The summed E-state index contributed by atoms with van der Waals surface area (Å²) in [5.41, 5.74) is 1.65. The highest BCUT2D eigenvalue weighted by Gasteiger charge is 2.17. The third-order valence-electron chi connectivity index (χ3n) is 2.53. The zero-order valence-electron chi connectivity index (χ0n) is 10.4. The van der Waals surface area contributed by atoms with Crippen LogP contribution in [0.4, 0.5) is 16.2 Å². The maximum atomic E-state index is 12.3. The summed E-state index contributed by atoms with van der Waals surface area (Å²) >= 11 is 1.11. The van der Waals surface area contributed by atoms with Gasteiger partial charge in [0.05, 0.1) is 6.61 Å². The third kappa shape index (κ3) is 3.59. The van der Waals surface area contributed by atoms with Gasteiger partial charge in [-0.1, -0.05) is 48.2 Å². The minimum absolute atomic E-state index is 0.00612. The van der Waals surface area contributed by atoms with E-state index in [4.69, 9.17) is 5.11 Å². The molecule has 1 N–H and O–H groups in total. The van der Waals surface area contributed by atoms with Gasteiger partial charge in [0.25, 0.3) is 5.24 Å². The average Bonchev–Trinajstić information content (AvgIpc) is 2.47. The van der Waals surface area contributed by atoms with E-state index in [2.05, 4.69) is 0 Å². The van der Waals surface area contributed by atoms with Gasteiger partial charge in [0.2, 0.25) is 0 Å². The first-order chi connectivity index (χ1) is 9.33. The van der Waals surface area contributed by atoms with Crippen LogP contribution in [0, 0.1) is 0 Å². The molecular weight excluding hydrogens is 258 g/mol. The van der Waals surface area contributed by atoms with E-state index in [-0.39, 0.29) is 11.8 Å². The fraction of sp³-hybridized carbons (Fsp3) is 0.133. The normalized spacial score (nSPS) is 10.2. The summed E-state index contributed by atoms with van der Waals surface area (Å²) in [5, 5.41) is 8.76. The molecule has 0 atom stereocenters. The second-order valence-corrected chi connectivity index (χ2v) is 4.89. The lowest BCUT2D eigenvalue weighted by Crippen LogP contribution is -2.22. The molecule has 0 aliphatic heterocycles. The quantitative estimate of drug-likeness (QED) is 0.924. The van der Waals surface area contributed by atoms with Gasteiger partial charge in [-0.05, 0) is 24.3 Å². The molecule has 0 heterocycles. The molecule has 0 unspecified atom stereocenters. The summed E-state index contributed by atoms with van der Waals surface area (Å²) in [5.74, 6) is 0.398. The van der Waals surface area contributed by atoms with Gasteiger partial charge in [-0.15, -0.1) is 0 Å². The molecule has 0 saturated carbocycles. The lowest BCUT2D eigenvalue weighted by atomic mass is 10.2. The molecule has 0 radical (unpaired) electrons. The van der Waals surface area contributed by atoms with Gasteiger partial charge in [0.1, 0.15) is 0 Å². The number of hydrogen-bond acceptors (Lipinski definition) is 3. The van der Waals surface area contributed by atoms with Crippen LogP contribution in [0.25, 0.3) is 0 Å². The van der Waals surface area contributed by atoms with E-state index in [9.17, 15) is 4.79 Å². The van der Waals surface area contributed by atoms with E-state index in [0.29, 0.717) is 5.75 Å². The van der Waals surface area contributed by atoms with Gasteiger partial charge in [0, 0.05) is 17.1 Å². The van der Waals surface area contributed by atoms with E-state index in [0.717, 1.165) is 23.1 Å². The molecule has 0 aliphatic carbocycles. The highest BCUT2D eigenvalue weighted by atomic mass is 32.2. The lowest BCUT2D eigenvalue weighted by Gasteiger charge is -2.22. The summed E-state index contributed by atoms with van der Waals surface area (Å²) < 4.78 is 0. The van der Waals surface area contributed by atoms with Crippen molar-refractivity contribution in [2.75, 3.05) is 17.3 Å². The number of aliphatic hydroxyl groups excluding tert-OH is 1.